The van der Waals surface area contributed by atoms with Crippen molar-refractivity contribution in [3.05, 3.63) is 70.7 Å². The summed E-state index contributed by atoms with van der Waals surface area (Å²) in [4.78, 5) is 41.4. The fraction of sp³-hybridized carbons (Fsp3) is 0.393. The van der Waals surface area contributed by atoms with Gasteiger partial charge >= 0.3 is 18.2 Å². The zero-order valence-corrected chi connectivity index (χ0v) is 21.9. The number of carbonyl (C=O) groups excluding carboxylic acids is 2. The summed E-state index contributed by atoms with van der Waals surface area (Å²) >= 11 is 0. The minimum Gasteiger partial charge on any atom is -0.479 e. The van der Waals surface area contributed by atoms with Crippen molar-refractivity contribution in [3.8, 4) is 0 Å². The van der Waals surface area contributed by atoms with E-state index in [9.17, 15) is 37.1 Å². The summed E-state index contributed by atoms with van der Waals surface area (Å²) in [5, 5.41) is 18.3. The summed E-state index contributed by atoms with van der Waals surface area (Å²) in [6, 6.07) is 7.48. The van der Waals surface area contributed by atoms with E-state index in [-0.39, 0.29) is 42.6 Å². The molecule has 3 atom stereocenters. The van der Waals surface area contributed by atoms with Crippen molar-refractivity contribution in [1.82, 2.24) is 20.9 Å². The van der Waals surface area contributed by atoms with Crippen LogP contribution in [0, 0.1) is 11.7 Å². The maximum absolute atomic E-state index is 13.6. The molecule has 3 aromatic rings. The van der Waals surface area contributed by atoms with Crippen molar-refractivity contribution in [2.75, 3.05) is 0 Å². The van der Waals surface area contributed by atoms with Crippen molar-refractivity contribution in [3.63, 3.8) is 0 Å². The summed E-state index contributed by atoms with van der Waals surface area (Å²) < 4.78 is 53.9. The number of aromatic nitrogens is 1. The predicted octanol–water partition coefficient (Wildman–Crippen LogP) is 4.67. The van der Waals surface area contributed by atoms with Gasteiger partial charge in [0.15, 0.2) is 0 Å². The van der Waals surface area contributed by atoms with E-state index in [0.29, 0.717) is 23.2 Å². The van der Waals surface area contributed by atoms with Gasteiger partial charge in [-0.1, -0.05) is 44.5 Å². The summed E-state index contributed by atoms with van der Waals surface area (Å²) in [7, 11) is 0. The van der Waals surface area contributed by atoms with Gasteiger partial charge in [-0.2, -0.15) is 13.2 Å². The molecule has 1 aliphatic rings. The molecule has 1 heterocycles. The second-order valence-corrected chi connectivity index (χ2v) is 10.2. The second kappa shape index (κ2) is 11.2. The summed E-state index contributed by atoms with van der Waals surface area (Å²) in [5.74, 6) is -2.83. The Labute approximate surface area is 227 Å². The number of para-hydroxylation sites is 1. The van der Waals surface area contributed by atoms with Crippen LogP contribution in [0.2, 0.25) is 0 Å². The number of halogens is 4. The standard InChI is InChI=1S/C28H30F4N4O4/c1-3-15(2)22(35-26(40)33-14-16-7-9-17(29)10-8-16)24(37)36-27(25(38)39)12-11-21-19(13-27)18-5-4-6-20(23(18)34-21)28(30,31)32/h4-10,15,22,34H,3,11-14H2,1-2H3,(H,36,37)(H,38,39)(H2,33,35,40). The molecule has 214 valence electrons. The van der Waals surface area contributed by atoms with Crippen LogP contribution in [0.4, 0.5) is 22.4 Å². The molecule has 0 bridgehead atoms. The van der Waals surface area contributed by atoms with Gasteiger partial charge in [0.2, 0.25) is 5.91 Å². The first kappa shape index (κ1) is 28.9. The van der Waals surface area contributed by atoms with Crippen LogP contribution in [-0.2, 0) is 35.2 Å². The maximum Gasteiger partial charge on any atom is 0.418 e. The number of hydrogen-bond acceptors (Lipinski definition) is 3. The van der Waals surface area contributed by atoms with Gasteiger partial charge in [0.05, 0.1) is 11.1 Å². The molecule has 8 nitrogen and oxygen atoms in total. The Morgan fingerprint density at radius 3 is 2.45 bits per heavy atom. The van der Waals surface area contributed by atoms with Gasteiger partial charge in [-0.3, -0.25) is 4.79 Å². The van der Waals surface area contributed by atoms with E-state index in [4.69, 9.17) is 0 Å². The van der Waals surface area contributed by atoms with E-state index < -0.39 is 47.0 Å². The molecular weight excluding hydrogens is 532 g/mol. The van der Waals surface area contributed by atoms with Gasteiger partial charge in [0.1, 0.15) is 17.4 Å². The monoisotopic (exact) mass is 562 g/mol. The van der Waals surface area contributed by atoms with Gasteiger partial charge in [0, 0.05) is 24.0 Å². The van der Waals surface area contributed by atoms with Crippen LogP contribution < -0.4 is 16.0 Å². The number of amides is 3. The number of urea groups is 1. The fourth-order valence-electron chi connectivity index (χ4n) is 5.04. The van der Waals surface area contributed by atoms with E-state index in [0.717, 1.165) is 6.07 Å². The van der Waals surface area contributed by atoms with Crippen LogP contribution in [0.5, 0.6) is 0 Å². The molecule has 1 aromatic heterocycles. The number of alkyl halides is 3. The van der Waals surface area contributed by atoms with Crippen molar-refractivity contribution in [1.29, 1.82) is 0 Å². The van der Waals surface area contributed by atoms with E-state index >= 15 is 0 Å². The van der Waals surface area contributed by atoms with Crippen LogP contribution in [0.15, 0.2) is 42.5 Å². The van der Waals surface area contributed by atoms with E-state index in [1.165, 1.54) is 36.4 Å². The lowest BCUT2D eigenvalue weighted by Gasteiger charge is -2.36. The van der Waals surface area contributed by atoms with E-state index in [1.807, 2.05) is 6.92 Å². The first-order chi connectivity index (χ1) is 18.8. The molecule has 0 radical (unpaired) electrons. The lowest BCUT2D eigenvalue weighted by atomic mass is 9.79. The largest absolute Gasteiger partial charge is 0.479 e. The second-order valence-electron chi connectivity index (χ2n) is 10.2. The number of carboxylic acid groups (broad SMARTS) is 1. The number of nitrogens with one attached hydrogen (secondary N) is 4. The third-order valence-corrected chi connectivity index (χ3v) is 7.54. The van der Waals surface area contributed by atoms with E-state index in [2.05, 4.69) is 20.9 Å². The third-order valence-electron chi connectivity index (χ3n) is 7.54. The molecule has 3 amide bonds. The number of aryl methyl sites for hydroxylation is 1. The Balaban J connectivity index is 1.54. The van der Waals surface area contributed by atoms with Gasteiger partial charge < -0.3 is 26.0 Å². The first-order valence-corrected chi connectivity index (χ1v) is 12.9. The zero-order chi connectivity index (χ0) is 29.2. The Morgan fingerprint density at radius 1 is 1.12 bits per heavy atom. The Morgan fingerprint density at radius 2 is 1.82 bits per heavy atom. The Kier molecular flexibility index (Phi) is 8.08. The molecule has 0 spiro atoms. The highest BCUT2D eigenvalue weighted by Gasteiger charge is 2.46. The van der Waals surface area contributed by atoms with Crippen molar-refractivity contribution >= 4 is 28.8 Å². The molecule has 40 heavy (non-hydrogen) atoms. The molecule has 0 saturated carbocycles. The topological polar surface area (TPSA) is 123 Å². The minimum absolute atomic E-state index is 0.0563. The van der Waals surface area contributed by atoms with Crippen molar-refractivity contribution in [2.45, 2.75) is 63.8 Å². The quantitative estimate of drug-likeness (QED) is 0.256. The minimum atomic E-state index is -4.60. The number of hydrogen-bond donors (Lipinski definition) is 5. The van der Waals surface area contributed by atoms with Gasteiger partial charge in [-0.05, 0) is 48.1 Å². The molecular formula is C28H30F4N4O4. The van der Waals surface area contributed by atoms with Crippen LogP contribution in [0.3, 0.4) is 0 Å². The van der Waals surface area contributed by atoms with Crippen molar-refractivity contribution < 1.29 is 37.1 Å². The molecule has 3 unspecified atom stereocenters. The lowest BCUT2D eigenvalue weighted by molar-refractivity contribution is -0.148. The summed E-state index contributed by atoms with van der Waals surface area (Å²) in [6.45, 7) is 3.62. The maximum atomic E-state index is 13.6. The Bertz CT molecular complexity index is 1420. The highest BCUT2D eigenvalue weighted by molar-refractivity contribution is 5.94. The lowest BCUT2D eigenvalue weighted by Crippen LogP contribution is -2.63. The van der Waals surface area contributed by atoms with Crippen LogP contribution in [-0.4, -0.2) is 39.6 Å². The average Bonchev–Trinajstić information content (AvgIpc) is 3.28. The highest BCUT2D eigenvalue weighted by atomic mass is 19.4. The molecule has 0 fully saturated rings. The molecule has 4 rings (SSSR count). The van der Waals surface area contributed by atoms with E-state index in [1.54, 1.807) is 6.92 Å². The summed E-state index contributed by atoms with van der Waals surface area (Å²) in [6.07, 6.45) is -4.29. The number of carbonyl (C=O) groups is 3. The molecule has 0 aliphatic heterocycles. The molecule has 2 aromatic carbocycles. The van der Waals surface area contributed by atoms with Crippen LogP contribution >= 0.6 is 0 Å². The number of rotatable bonds is 8. The van der Waals surface area contributed by atoms with Crippen LogP contribution in [0.1, 0.15) is 49.1 Å². The average molecular weight is 563 g/mol. The SMILES string of the molecule is CCC(C)C(NC(=O)NCc1ccc(F)cc1)C(=O)NC1(C(=O)O)CCc2[nH]c3c(C(F)(F)F)cccc3c2C1. The van der Waals surface area contributed by atoms with Gasteiger partial charge in [0.25, 0.3) is 0 Å². The third kappa shape index (κ3) is 5.90. The number of carboxylic acids is 1. The molecule has 0 saturated heterocycles. The smallest absolute Gasteiger partial charge is 0.418 e. The number of fused-ring (bicyclic) bond motifs is 3. The number of benzene rings is 2. The molecule has 1 aliphatic carbocycles. The predicted molar refractivity (Wildman–Crippen MR) is 139 cm³/mol. The van der Waals surface area contributed by atoms with Gasteiger partial charge in [-0.25, -0.2) is 14.0 Å². The number of aromatic amines is 1. The van der Waals surface area contributed by atoms with Crippen LogP contribution in [0.25, 0.3) is 10.9 Å². The Hall–Kier alpha value is -4.09. The van der Waals surface area contributed by atoms with Gasteiger partial charge in [-0.15, -0.1) is 0 Å². The fourth-order valence-corrected chi connectivity index (χ4v) is 5.04. The number of aliphatic carboxylic acids is 1. The molecule has 12 heteroatoms. The normalized spacial score (nSPS) is 18.4. The van der Waals surface area contributed by atoms with Crippen molar-refractivity contribution in [2.24, 2.45) is 5.92 Å². The zero-order valence-electron chi connectivity index (χ0n) is 21.9. The molecule has 5 N–H and O–H groups in total. The first-order valence-electron chi connectivity index (χ1n) is 12.9. The number of H-pyrrole nitrogens is 1. The highest BCUT2D eigenvalue weighted by Crippen LogP contribution is 2.40. The summed E-state index contributed by atoms with van der Waals surface area (Å²) in [5.41, 5.74) is -1.22.